The molecule has 0 saturated heterocycles. The summed E-state index contributed by atoms with van der Waals surface area (Å²) in [7, 11) is 3.40. The molecule has 0 aliphatic carbocycles. The van der Waals surface area contributed by atoms with Gasteiger partial charge in [-0.05, 0) is 60.0 Å². The Bertz CT molecular complexity index is 1380. The van der Waals surface area contributed by atoms with Crippen LogP contribution in [0.2, 0.25) is 0 Å². The first-order chi connectivity index (χ1) is 15.7. The van der Waals surface area contributed by atoms with Crippen LogP contribution in [0.15, 0.2) is 85.5 Å². The Kier molecular flexibility index (Phi) is 5.15. The van der Waals surface area contributed by atoms with E-state index in [1.54, 1.807) is 14.2 Å². The average molecular weight is 424 g/mol. The largest absolute Gasteiger partial charge is 0.497 e. The van der Waals surface area contributed by atoms with Crippen LogP contribution in [-0.4, -0.2) is 28.3 Å². The quantitative estimate of drug-likeness (QED) is 0.343. The first-order valence-electron chi connectivity index (χ1n) is 10.6. The Hall–Kier alpha value is -3.99. The number of ether oxygens (including phenoxy) is 2. The number of imidazole rings is 1. The topological polar surface area (TPSA) is 41.2 Å². The highest BCUT2D eigenvalue weighted by Crippen LogP contribution is 2.34. The molecule has 0 radical (unpaired) electrons. The third kappa shape index (κ3) is 3.62. The van der Waals surface area contributed by atoms with Crippen molar-refractivity contribution >= 4 is 10.9 Å². The van der Waals surface area contributed by atoms with Gasteiger partial charge in [0.15, 0.2) is 0 Å². The molecule has 0 fully saturated rings. The van der Waals surface area contributed by atoms with Crippen molar-refractivity contribution in [3.8, 4) is 28.3 Å². The van der Waals surface area contributed by atoms with Crippen LogP contribution in [0.4, 0.5) is 0 Å². The van der Waals surface area contributed by atoms with E-state index in [1.165, 1.54) is 22.0 Å². The second-order valence-electron chi connectivity index (χ2n) is 7.84. The highest BCUT2D eigenvalue weighted by atomic mass is 16.5. The smallest absolute Gasteiger partial charge is 0.143 e. The van der Waals surface area contributed by atoms with E-state index >= 15 is 0 Å². The molecule has 0 bridgehead atoms. The van der Waals surface area contributed by atoms with Gasteiger partial charge in [0, 0.05) is 29.8 Å². The van der Waals surface area contributed by atoms with Gasteiger partial charge in [-0.15, -0.1) is 0 Å². The lowest BCUT2D eigenvalue weighted by Gasteiger charge is -2.13. The van der Waals surface area contributed by atoms with Crippen LogP contribution in [0, 0.1) is 6.92 Å². The van der Waals surface area contributed by atoms with E-state index in [1.807, 2.05) is 36.1 Å². The molecule has 5 nitrogen and oxygen atoms in total. The molecule has 32 heavy (non-hydrogen) atoms. The second-order valence-corrected chi connectivity index (χ2v) is 7.84. The summed E-state index contributed by atoms with van der Waals surface area (Å²) in [6.45, 7) is 2.79. The van der Waals surface area contributed by atoms with Gasteiger partial charge in [-0.1, -0.05) is 30.3 Å². The monoisotopic (exact) mass is 423 g/mol. The summed E-state index contributed by atoms with van der Waals surface area (Å²) in [6, 6.07) is 23.2. The molecule has 0 amide bonds. The van der Waals surface area contributed by atoms with E-state index in [0.29, 0.717) is 0 Å². The van der Waals surface area contributed by atoms with Crippen LogP contribution < -0.4 is 9.47 Å². The highest BCUT2D eigenvalue weighted by molar-refractivity contribution is 5.96. The van der Waals surface area contributed by atoms with E-state index in [-0.39, 0.29) is 0 Å². The normalized spacial score (nSPS) is 11.1. The third-order valence-corrected chi connectivity index (χ3v) is 5.81. The molecule has 5 rings (SSSR count). The van der Waals surface area contributed by atoms with Crippen LogP contribution in [0.25, 0.3) is 27.7 Å². The molecule has 0 aliphatic rings. The van der Waals surface area contributed by atoms with E-state index in [9.17, 15) is 0 Å². The fraction of sp³-hybridized carbons (Fsp3) is 0.148. The van der Waals surface area contributed by atoms with Gasteiger partial charge in [0.25, 0.3) is 0 Å². The molecule has 0 aliphatic heterocycles. The molecule has 160 valence electrons. The van der Waals surface area contributed by atoms with E-state index < -0.39 is 0 Å². The fourth-order valence-electron chi connectivity index (χ4n) is 4.15. The van der Waals surface area contributed by atoms with Crippen molar-refractivity contribution in [1.29, 1.82) is 0 Å². The minimum Gasteiger partial charge on any atom is -0.497 e. The average Bonchev–Trinajstić information content (AvgIpc) is 3.45. The summed E-state index contributed by atoms with van der Waals surface area (Å²) in [5.41, 5.74) is 6.68. The molecule has 0 spiro atoms. The second kappa shape index (κ2) is 8.27. The van der Waals surface area contributed by atoms with E-state index in [4.69, 9.17) is 9.47 Å². The molecule has 3 aromatic carbocycles. The van der Waals surface area contributed by atoms with Crippen molar-refractivity contribution in [1.82, 2.24) is 14.1 Å². The van der Waals surface area contributed by atoms with Gasteiger partial charge in [-0.2, -0.15) is 0 Å². The lowest BCUT2D eigenvalue weighted by molar-refractivity contribution is 0.413. The minimum absolute atomic E-state index is 0.805. The first kappa shape index (κ1) is 19.9. The van der Waals surface area contributed by atoms with Crippen LogP contribution in [0.1, 0.15) is 11.3 Å². The third-order valence-electron chi connectivity index (χ3n) is 5.81. The molecule has 0 unspecified atom stereocenters. The lowest BCUT2D eigenvalue weighted by Crippen LogP contribution is -1.98. The summed E-state index contributed by atoms with van der Waals surface area (Å²) in [5, 5.41) is 1.22. The number of hydrogen-bond acceptors (Lipinski definition) is 3. The lowest BCUT2D eigenvalue weighted by atomic mass is 10.0. The number of aryl methyl sites for hydroxylation is 1. The maximum absolute atomic E-state index is 5.72. The molecule has 5 aromatic rings. The molecular weight excluding hydrogens is 398 g/mol. The number of hydrogen-bond donors (Lipinski definition) is 0. The van der Waals surface area contributed by atoms with Crippen molar-refractivity contribution in [3.05, 3.63) is 96.7 Å². The van der Waals surface area contributed by atoms with E-state index in [2.05, 4.69) is 70.3 Å². The SMILES string of the molecule is COc1ccc(Cn2ccc3c(-c4ccc(-n5cnc(C)c5)c(OC)c4)cccc32)cc1. The van der Waals surface area contributed by atoms with Gasteiger partial charge in [0.05, 0.1) is 31.9 Å². The van der Waals surface area contributed by atoms with E-state index in [0.717, 1.165) is 35.0 Å². The maximum atomic E-state index is 5.72. The number of methoxy groups -OCH3 is 2. The predicted octanol–water partition coefficient (Wildman–Crippen LogP) is 5.87. The van der Waals surface area contributed by atoms with Gasteiger partial charge in [0.2, 0.25) is 0 Å². The van der Waals surface area contributed by atoms with Crippen LogP contribution in [0.3, 0.4) is 0 Å². The zero-order chi connectivity index (χ0) is 22.1. The van der Waals surface area contributed by atoms with Gasteiger partial charge in [-0.25, -0.2) is 4.98 Å². The van der Waals surface area contributed by atoms with Crippen LogP contribution >= 0.6 is 0 Å². The number of rotatable bonds is 6. The van der Waals surface area contributed by atoms with Crippen molar-refractivity contribution in [2.75, 3.05) is 14.2 Å². The molecule has 2 aromatic heterocycles. The van der Waals surface area contributed by atoms with Crippen molar-refractivity contribution < 1.29 is 9.47 Å². The number of aromatic nitrogens is 3. The van der Waals surface area contributed by atoms with Crippen molar-refractivity contribution in [2.45, 2.75) is 13.5 Å². The fourth-order valence-corrected chi connectivity index (χ4v) is 4.15. The van der Waals surface area contributed by atoms with Gasteiger partial charge in [0.1, 0.15) is 11.5 Å². The molecule has 0 N–H and O–H groups in total. The number of benzene rings is 3. The molecule has 5 heteroatoms. The van der Waals surface area contributed by atoms with Gasteiger partial charge < -0.3 is 18.6 Å². The standard InChI is InChI=1S/C27H25N3O2/c1-19-16-30(18-28-19)26-12-9-21(15-27(26)32-3)23-5-4-6-25-24(23)13-14-29(25)17-20-7-10-22(31-2)11-8-20/h4-16,18H,17H2,1-3H3. The summed E-state index contributed by atoms with van der Waals surface area (Å²) < 4.78 is 15.3. The zero-order valence-corrected chi connectivity index (χ0v) is 18.4. The van der Waals surface area contributed by atoms with Crippen molar-refractivity contribution in [3.63, 3.8) is 0 Å². The van der Waals surface area contributed by atoms with Gasteiger partial charge >= 0.3 is 0 Å². The van der Waals surface area contributed by atoms with Gasteiger partial charge in [-0.3, -0.25) is 0 Å². The Morgan fingerprint density at radius 2 is 1.75 bits per heavy atom. The minimum atomic E-state index is 0.805. The highest BCUT2D eigenvalue weighted by Gasteiger charge is 2.12. The predicted molar refractivity (Wildman–Crippen MR) is 128 cm³/mol. The summed E-state index contributed by atoms with van der Waals surface area (Å²) in [5.74, 6) is 1.69. The molecule has 0 atom stereocenters. The summed E-state index contributed by atoms with van der Waals surface area (Å²) in [4.78, 5) is 4.33. The number of fused-ring (bicyclic) bond motifs is 1. The zero-order valence-electron chi connectivity index (χ0n) is 18.4. The Balaban J connectivity index is 1.52. The number of nitrogens with zero attached hydrogens (tertiary/aromatic N) is 3. The van der Waals surface area contributed by atoms with Crippen molar-refractivity contribution in [2.24, 2.45) is 0 Å². The molecule has 0 saturated carbocycles. The first-order valence-corrected chi connectivity index (χ1v) is 10.6. The van der Waals surface area contributed by atoms with Crippen LogP contribution in [-0.2, 0) is 6.54 Å². The Morgan fingerprint density at radius 3 is 2.47 bits per heavy atom. The molecule has 2 heterocycles. The summed E-state index contributed by atoms with van der Waals surface area (Å²) in [6.07, 6.45) is 5.96. The Labute approximate surface area is 187 Å². The summed E-state index contributed by atoms with van der Waals surface area (Å²) >= 11 is 0. The Morgan fingerprint density at radius 1 is 0.906 bits per heavy atom. The molecular formula is C27H25N3O2. The van der Waals surface area contributed by atoms with Crippen LogP contribution in [0.5, 0.6) is 11.5 Å². The maximum Gasteiger partial charge on any atom is 0.143 e.